The van der Waals surface area contributed by atoms with Crippen LogP contribution in [0, 0.1) is 0 Å². The SMILES string of the molecule is COP(C)C(C)(C)OCc1ccccc1. The van der Waals surface area contributed by atoms with Crippen molar-refractivity contribution in [2.45, 2.75) is 25.8 Å². The molecule has 1 aromatic carbocycles. The van der Waals surface area contributed by atoms with E-state index in [4.69, 9.17) is 9.26 Å². The van der Waals surface area contributed by atoms with Crippen molar-refractivity contribution in [3.8, 4) is 0 Å². The molecule has 1 aromatic rings. The molecular weight excluding hydrogens is 207 g/mol. The lowest BCUT2D eigenvalue weighted by molar-refractivity contribution is 0.0283. The highest BCUT2D eigenvalue weighted by molar-refractivity contribution is 7.53. The Morgan fingerprint density at radius 3 is 2.33 bits per heavy atom. The average Bonchev–Trinajstić information content (AvgIpc) is 2.27. The molecule has 0 fully saturated rings. The summed E-state index contributed by atoms with van der Waals surface area (Å²) in [4.78, 5) is 0. The van der Waals surface area contributed by atoms with Gasteiger partial charge in [-0.15, -0.1) is 0 Å². The zero-order valence-corrected chi connectivity index (χ0v) is 10.8. The van der Waals surface area contributed by atoms with E-state index in [0.29, 0.717) is 6.61 Å². The van der Waals surface area contributed by atoms with E-state index in [1.54, 1.807) is 7.11 Å². The summed E-state index contributed by atoms with van der Waals surface area (Å²) in [7, 11) is 1.20. The molecular formula is C12H19O2P. The summed E-state index contributed by atoms with van der Waals surface area (Å²) in [5.74, 6) is 0. The molecule has 1 rings (SSSR count). The quantitative estimate of drug-likeness (QED) is 0.714. The van der Waals surface area contributed by atoms with Crippen LogP contribution in [0.4, 0.5) is 0 Å². The molecule has 0 aliphatic carbocycles. The maximum absolute atomic E-state index is 5.87. The third-order valence-corrected chi connectivity index (χ3v) is 4.66. The molecule has 0 amide bonds. The van der Waals surface area contributed by atoms with Gasteiger partial charge in [0, 0.05) is 7.11 Å². The van der Waals surface area contributed by atoms with Gasteiger partial charge in [0.1, 0.15) is 5.34 Å². The highest BCUT2D eigenvalue weighted by Gasteiger charge is 2.26. The Morgan fingerprint density at radius 2 is 1.80 bits per heavy atom. The van der Waals surface area contributed by atoms with Gasteiger partial charge in [-0.2, -0.15) is 0 Å². The van der Waals surface area contributed by atoms with Gasteiger partial charge in [0.15, 0.2) is 0 Å². The summed E-state index contributed by atoms with van der Waals surface area (Å²) in [5, 5.41) is -0.195. The molecule has 0 saturated heterocycles. The number of rotatable bonds is 5. The highest BCUT2D eigenvalue weighted by Crippen LogP contribution is 2.47. The predicted molar refractivity (Wildman–Crippen MR) is 65.2 cm³/mol. The smallest absolute Gasteiger partial charge is 0.106 e. The van der Waals surface area contributed by atoms with Crippen LogP contribution in [0.15, 0.2) is 30.3 Å². The van der Waals surface area contributed by atoms with Crippen LogP contribution in [0.5, 0.6) is 0 Å². The fraction of sp³-hybridized carbons (Fsp3) is 0.500. The molecule has 0 bridgehead atoms. The number of hydrogen-bond acceptors (Lipinski definition) is 2. The molecule has 1 atom stereocenters. The number of ether oxygens (including phenoxy) is 1. The third-order valence-electron chi connectivity index (χ3n) is 2.47. The lowest BCUT2D eigenvalue weighted by Crippen LogP contribution is -2.22. The van der Waals surface area contributed by atoms with E-state index in [0.717, 1.165) is 0 Å². The normalized spacial score (nSPS) is 13.9. The van der Waals surface area contributed by atoms with Crippen molar-refractivity contribution in [3.05, 3.63) is 35.9 Å². The Kier molecular flexibility index (Phi) is 4.72. The van der Waals surface area contributed by atoms with Crippen LogP contribution >= 0.6 is 8.15 Å². The Labute approximate surface area is 93.4 Å². The molecule has 0 heterocycles. The zero-order chi connectivity index (χ0) is 11.3. The van der Waals surface area contributed by atoms with E-state index in [-0.39, 0.29) is 5.34 Å². The lowest BCUT2D eigenvalue weighted by atomic mass is 10.2. The second-order valence-corrected chi connectivity index (χ2v) is 6.34. The lowest BCUT2D eigenvalue weighted by Gasteiger charge is -2.30. The standard InChI is InChI=1S/C12H19O2P/c1-12(2,15(4)13-3)14-10-11-8-6-5-7-9-11/h5-9H,10H2,1-4H3. The Morgan fingerprint density at radius 1 is 1.20 bits per heavy atom. The topological polar surface area (TPSA) is 18.5 Å². The van der Waals surface area contributed by atoms with Gasteiger partial charge in [0.2, 0.25) is 0 Å². The molecule has 1 unspecified atom stereocenters. The van der Waals surface area contributed by atoms with Crippen molar-refractivity contribution in [2.24, 2.45) is 0 Å². The summed E-state index contributed by atoms with van der Waals surface area (Å²) < 4.78 is 11.2. The molecule has 0 aliphatic heterocycles. The van der Waals surface area contributed by atoms with Crippen molar-refractivity contribution in [2.75, 3.05) is 13.8 Å². The van der Waals surface area contributed by atoms with E-state index >= 15 is 0 Å². The van der Waals surface area contributed by atoms with Crippen molar-refractivity contribution in [1.29, 1.82) is 0 Å². The maximum atomic E-state index is 5.87. The van der Waals surface area contributed by atoms with Gasteiger partial charge < -0.3 is 9.26 Å². The molecule has 2 nitrogen and oxygen atoms in total. The van der Waals surface area contributed by atoms with Crippen molar-refractivity contribution in [1.82, 2.24) is 0 Å². The largest absolute Gasteiger partial charge is 0.364 e. The Bertz CT molecular complexity index is 285. The zero-order valence-electron chi connectivity index (χ0n) is 9.86. The van der Waals surface area contributed by atoms with Crippen LogP contribution in [0.3, 0.4) is 0 Å². The van der Waals surface area contributed by atoms with Crippen LogP contribution in [-0.4, -0.2) is 19.1 Å². The molecule has 3 heteroatoms. The van der Waals surface area contributed by atoms with Crippen molar-refractivity contribution in [3.63, 3.8) is 0 Å². The summed E-state index contributed by atoms with van der Waals surface area (Å²) in [6.07, 6.45) is 0. The van der Waals surface area contributed by atoms with Gasteiger partial charge in [0.25, 0.3) is 0 Å². The van der Waals surface area contributed by atoms with E-state index in [9.17, 15) is 0 Å². The van der Waals surface area contributed by atoms with Gasteiger partial charge in [-0.3, -0.25) is 0 Å². The third kappa shape index (κ3) is 3.90. The molecule has 0 N–H and O–H groups in total. The van der Waals surface area contributed by atoms with E-state index in [2.05, 4.69) is 32.6 Å². The van der Waals surface area contributed by atoms with E-state index in [1.807, 2.05) is 18.2 Å². The van der Waals surface area contributed by atoms with Gasteiger partial charge >= 0.3 is 0 Å². The molecule has 0 saturated carbocycles. The monoisotopic (exact) mass is 226 g/mol. The number of benzene rings is 1. The van der Waals surface area contributed by atoms with Gasteiger partial charge in [-0.25, -0.2) is 0 Å². The first-order valence-corrected chi connectivity index (χ1v) is 6.73. The summed E-state index contributed by atoms with van der Waals surface area (Å²) in [5.41, 5.74) is 1.20. The minimum absolute atomic E-state index is 0.195. The molecule has 84 valence electrons. The minimum Gasteiger partial charge on any atom is -0.364 e. The van der Waals surface area contributed by atoms with Crippen LogP contribution in [0.1, 0.15) is 19.4 Å². The molecule has 15 heavy (non-hydrogen) atoms. The summed E-state index contributed by atoms with van der Waals surface area (Å²) in [6, 6.07) is 10.2. The first-order chi connectivity index (χ1) is 7.06. The van der Waals surface area contributed by atoms with Crippen LogP contribution in [0.2, 0.25) is 0 Å². The summed E-state index contributed by atoms with van der Waals surface area (Å²) >= 11 is 0. The van der Waals surface area contributed by atoms with Crippen LogP contribution in [0.25, 0.3) is 0 Å². The maximum Gasteiger partial charge on any atom is 0.106 e. The van der Waals surface area contributed by atoms with E-state index in [1.165, 1.54) is 5.56 Å². The highest BCUT2D eigenvalue weighted by atomic mass is 31.1. The Hall–Kier alpha value is -0.430. The molecule has 0 radical (unpaired) electrons. The minimum atomic E-state index is -0.540. The second kappa shape index (κ2) is 5.60. The van der Waals surface area contributed by atoms with Crippen molar-refractivity contribution < 1.29 is 9.26 Å². The first-order valence-electron chi connectivity index (χ1n) is 5.02. The fourth-order valence-corrected chi connectivity index (χ4v) is 1.83. The van der Waals surface area contributed by atoms with Gasteiger partial charge in [-0.1, -0.05) is 30.3 Å². The average molecular weight is 226 g/mol. The summed E-state index contributed by atoms with van der Waals surface area (Å²) in [6.45, 7) is 6.88. The van der Waals surface area contributed by atoms with Gasteiger partial charge in [-0.05, 0) is 26.1 Å². The second-order valence-electron chi connectivity index (χ2n) is 3.90. The molecule has 0 spiro atoms. The van der Waals surface area contributed by atoms with E-state index < -0.39 is 8.15 Å². The fourth-order valence-electron chi connectivity index (χ4n) is 1.14. The Balaban J connectivity index is 2.49. The van der Waals surface area contributed by atoms with Crippen LogP contribution < -0.4 is 0 Å². The molecule has 0 aromatic heterocycles. The van der Waals surface area contributed by atoms with Crippen molar-refractivity contribution >= 4 is 8.15 Å². The van der Waals surface area contributed by atoms with Crippen LogP contribution in [-0.2, 0) is 15.9 Å². The first kappa shape index (κ1) is 12.6. The number of hydrogen-bond donors (Lipinski definition) is 0. The predicted octanol–water partition coefficient (Wildman–Crippen LogP) is 3.61. The molecule has 0 aliphatic rings. The van der Waals surface area contributed by atoms with Gasteiger partial charge in [0.05, 0.1) is 14.8 Å².